The summed E-state index contributed by atoms with van der Waals surface area (Å²) < 4.78 is 0.900. The molecule has 2 aromatic rings. The number of hydrogen-bond acceptors (Lipinski definition) is 4. The largest absolute Gasteiger partial charge is 0.396 e. The van der Waals surface area contributed by atoms with Gasteiger partial charge in [-0.1, -0.05) is 6.07 Å². The average Bonchev–Trinajstić information content (AvgIpc) is 2.77. The predicted octanol–water partition coefficient (Wildman–Crippen LogP) is 3.26. The number of allylic oxidation sites excluding steroid dienone is 1. The van der Waals surface area contributed by atoms with Crippen LogP contribution in [0.2, 0.25) is 0 Å². The first-order valence-corrected chi connectivity index (χ1v) is 6.45. The van der Waals surface area contributed by atoms with Crippen molar-refractivity contribution >= 4 is 38.5 Å². The van der Waals surface area contributed by atoms with Crippen molar-refractivity contribution in [3.8, 4) is 6.07 Å². The van der Waals surface area contributed by atoms with Crippen molar-refractivity contribution in [1.29, 1.82) is 5.26 Å². The maximum Gasteiger partial charge on any atom is 0.102 e. The number of aromatic nitrogens is 1. The molecule has 0 aromatic carbocycles. The summed E-state index contributed by atoms with van der Waals surface area (Å²) in [5.74, 6) is 0. The fourth-order valence-corrected chi connectivity index (χ4v) is 2.94. The van der Waals surface area contributed by atoms with E-state index in [0.29, 0.717) is 11.3 Å². The highest BCUT2D eigenvalue weighted by Crippen LogP contribution is 2.31. The molecule has 0 bridgehead atoms. The Morgan fingerprint density at radius 3 is 2.82 bits per heavy atom. The molecule has 5 heteroatoms. The fourth-order valence-electron chi connectivity index (χ4n) is 1.39. The zero-order valence-electron chi connectivity index (χ0n) is 8.72. The number of hydrogen-bond donors (Lipinski definition) is 1. The smallest absolute Gasteiger partial charge is 0.102 e. The van der Waals surface area contributed by atoms with E-state index in [1.807, 2.05) is 17.5 Å². The third-order valence-electron chi connectivity index (χ3n) is 2.19. The molecule has 2 rings (SSSR count). The highest BCUT2D eigenvalue weighted by molar-refractivity contribution is 9.10. The van der Waals surface area contributed by atoms with Crippen LogP contribution in [0.4, 0.5) is 0 Å². The van der Waals surface area contributed by atoms with Gasteiger partial charge in [0.25, 0.3) is 0 Å². The molecule has 0 aliphatic rings. The van der Waals surface area contributed by atoms with E-state index in [1.54, 1.807) is 18.5 Å². The van der Waals surface area contributed by atoms with Crippen molar-refractivity contribution in [2.75, 3.05) is 0 Å². The second-order valence-corrected chi connectivity index (χ2v) is 5.01. The Morgan fingerprint density at radius 2 is 2.29 bits per heavy atom. The van der Waals surface area contributed by atoms with Gasteiger partial charge in [-0.05, 0) is 33.4 Å². The molecule has 2 aromatic heterocycles. The van der Waals surface area contributed by atoms with Gasteiger partial charge < -0.3 is 5.73 Å². The quantitative estimate of drug-likeness (QED) is 0.866. The van der Waals surface area contributed by atoms with Crippen LogP contribution in [0.25, 0.3) is 11.3 Å². The Bertz CT molecular complexity index is 596. The van der Waals surface area contributed by atoms with E-state index in [9.17, 15) is 5.26 Å². The van der Waals surface area contributed by atoms with Crippen molar-refractivity contribution in [1.82, 2.24) is 4.98 Å². The van der Waals surface area contributed by atoms with Gasteiger partial charge in [0.15, 0.2) is 0 Å². The fraction of sp³-hybridized carbons (Fsp3) is 0. The summed E-state index contributed by atoms with van der Waals surface area (Å²) in [7, 11) is 0. The van der Waals surface area contributed by atoms with Crippen LogP contribution in [0.5, 0.6) is 0 Å². The predicted molar refractivity (Wildman–Crippen MR) is 72.9 cm³/mol. The first kappa shape index (κ1) is 11.8. The first-order chi connectivity index (χ1) is 8.24. The van der Waals surface area contributed by atoms with Gasteiger partial charge in [0.05, 0.1) is 16.1 Å². The molecule has 0 saturated carbocycles. The van der Waals surface area contributed by atoms with Crippen LogP contribution in [-0.4, -0.2) is 4.98 Å². The van der Waals surface area contributed by atoms with Crippen molar-refractivity contribution in [3.63, 3.8) is 0 Å². The Kier molecular flexibility index (Phi) is 3.57. The molecule has 2 N–H and O–H groups in total. The molecule has 0 aliphatic carbocycles. The van der Waals surface area contributed by atoms with Gasteiger partial charge in [-0.25, -0.2) is 0 Å². The molecule has 0 aliphatic heterocycles. The number of thiophene rings is 1. The molecule has 17 heavy (non-hydrogen) atoms. The minimum Gasteiger partial charge on any atom is -0.396 e. The Morgan fingerprint density at radius 1 is 1.47 bits per heavy atom. The van der Waals surface area contributed by atoms with E-state index in [2.05, 4.69) is 27.0 Å². The molecule has 0 saturated heterocycles. The van der Waals surface area contributed by atoms with Crippen LogP contribution in [-0.2, 0) is 0 Å². The first-order valence-electron chi connectivity index (χ1n) is 4.77. The second kappa shape index (κ2) is 5.13. The van der Waals surface area contributed by atoms with Crippen LogP contribution in [0.15, 0.2) is 40.4 Å². The summed E-state index contributed by atoms with van der Waals surface area (Å²) in [6.45, 7) is 0. The van der Waals surface area contributed by atoms with E-state index >= 15 is 0 Å². The lowest BCUT2D eigenvalue weighted by molar-refractivity contribution is 1.31. The lowest BCUT2D eigenvalue weighted by Crippen LogP contribution is -1.99. The maximum atomic E-state index is 9.21. The van der Waals surface area contributed by atoms with Crippen molar-refractivity contribution in [2.45, 2.75) is 0 Å². The molecule has 0 spiro atoms. The molecule has 84 valence electrons. The molecule has 0 radical (unpaired) electrons. The summed E-state index contributed by atoms with van der Waals surface area (Å²) in [6.07, 6.45) is 3.29. The number of nitriles is 1. The second-order valence-electron chi connectivity index (χ2n) is 3.24. The van der Waals surface area contributed by atoms with Crippen LogP contribution in [0.3, 0.4) is 0 Å². The van der Waals surface area contributed by atoms with Gasteiger partial charge in [0.1, 0.15) is 6.07 Å². The molecule has 3 nitrogen and oxygen atoms in total. The molecular formula is C12H8BrN3S. The number of halogens is 1. The zero-order chi connectivity index (χ0) is 12.3. The SMILES string of the molecule is N#C/C(=C(/N)c1sccc1Br)c1cccnc1. The summed E-state index contributed by atoms with van der Waals surface area (Å²) in [5, 5.41) is 11.1. The third-order valence-corrected chi connectivity index (χ3v) is 4.06. The van der Waals surface area contributed by atoms with Crippen LogP contribution in [0, 0.1) is 11.3 Å². The average molecular weight is 306 g/mol. The number of nitrogens with two attached hydrogens (primary N) is 1. The Labute approximate surface area is 111 Å². The lowest BCUT2D eigenvalue weighted by Gasteiger charge is -2.04. The van der Waals surface area contributed by atoms with Gasteiger partial charge >= 0.3 is 0 Å². The van der Waals surface area contributed by atoms with Crippen LogP contribution in [0.1, 0.15) is 10.4 Å². The van der Waals surface area contributed by atoms with Crippen molar-refractivity contribution in [3.05, 3.63) is 50.9 Å². The van der Waals surface area contributed by atoms with Crippen molar-refractivity contribution in [2.24, 2.45) is 5.73 Å². The van der Waals surface area contributed by atoms with E-state index in [1.165, 1.54) is 11.3 Å². The van der Waals surface area contributed by atoms with Gasteiger partial charge in [0.2, 0.25) is 0 Å². The van der Waals surface area contributed by atoms with E-state index < -0.39 is 0 Å². The minimum atomic E-state index is 0.446. The molecule has 0 amide bonds. The highest BCUT2D eigenvalue weighted by Gasteiger charge is 2.12. The normalized spacial score (nSPS) is 11.8. The molecule has 2 heterocycles. The summed E-state index contributed by atoms with van der Waals surface area (Å²) >= 11 is 4.90. The Hall–Kier alpha value is -1.64. The van der Waals surface area contributed by atoms with Gasteiger partial charge in [-0.2, -0.15) is 5.26 Å². The van der Waals surface area contributed by atoms with Gasteiger partial charge in [-0.3, -0.25) is 4.98 Å². The molecule has 0 fully saturated rings. The van der Waals surface area contributed by atoms with Gasteiger partial charge in [0, 0.05) is 22.4 Å². The standard InChI is InChI=1S/C12H8BrN3S/c13-10-3-5-17-12(10)11(15)9(6-14)8-2-1-4-16-7-8/h1-5,7H,15H2/b11-9-. The van der Waals surface area contributed by atoms with Crippen LogP contribution < -0.4 is 5.73 Å². The topological polar surface area (TPSA) is 62.7 Å². The monoisotopic (exact) mass is 305 g/mol. The molecule has 0 atom stereocenters. The third kappa shape index (κ3) is 2.38. The van der Waals surface area contributed by atoms with Gasteiger partial charge in [-0.15, -0.1) is 11.3 Å². The van der Waals surface area contributed by atoms with E-state index in [-0.39, 0.29) is 0 Å². The number of rotatable bonds is 2. The maximum absolute atomic E-state index is 9.21. The number of nitrogens with zero attached hydrogens (tertiary/aromatic N) is 2. The minimum absolute atomic E-state index is 0.446. The number of pyridine rings is 1. The van der Waals surface area contributed by atoms with Crippen molar-refractivity contribution < 1.29 is 0 Å². The molecule has 0 unspecified atom stereocenters. The Balaban J connectivity index is 2.57. The van der Waals surface area contributed by atoms with E-state index in [0.717, 1.165) is 14.9 Å². The zero-order valence-corrected chi connectivity index (χ0v) is 11.1. The lowest BCUT2D eigenvalue weighted by atomic mass is 10.1. The van der Waals surface area contributed by atoms with Crippen LogP contribution >= 0.6 is 27.3 Å². The van der Waals surface area contributed by atoms with E-state index in [4.69, 9.17) is 5.73 Å². The molecular weight excluding hydrogens is 298 g/mol. The highest BCUT2D eigenvalue weighted by atomic mass is 79.9. The summed E-state index contributed by atoms with van der Waals surface area (Å²) in [5.41, 5.74) is 7.69. The summed E-state index contributed by atoms with van der Waals surface area (Å²) in [4.78, 5) is 4.86. The summed E-state index contributed by atoms with van der Waals surface area (Å²) in [6, 6.07) is 7.64.